The highest BCUT2D eigenvalue weighted by Crippen LogP contribution is 2.46. The van der Waals surface area contributed by atoms with Crippen molar-refractivity contribution in [2.75, 3.05) is 0 Å². The highest BCUT2D eigenvalue weighted by atomic mass is 14.4. The molecule has 0 spiro atoms. The second-order valence-electron chi connectivity index (χ2n) is 7.88. The van der Waals surface area contributed by atoms with E-state index >= 15 is 0 Å². The molecule has 2 aliphatic rings. The molecule has 2 rings (SSSR count). The lowest BCUT2D eigenvalue weighted by molar-refractivity contribution is 0.136. The number of rotatable bonds is 6. The first-order valence-corrected chi connectivity index (χ1v) is 9.78. The highest BCUT2D eigenvalue weighted by molar-refractivity contribution is 5.13. The lowest BCUT2D eigenvalue weighted by Crippen LogP contribution is -2.30. The van der Waals surface area contributed by atoms with Crippen molar-refractivity contribution in [3.8, 4) is 6.07 Å². The molecule has 0 aliphatic heterocycles. The Kier molecular flexibility index (Phi) is 7.00. The van der Waals surface area contributed by atoms with Gasteiger partial charge in [-0.25, -0.2) is 0 Å². The van der Waals surface area contributed by atoms with Gasteiger partial charge in [0.1, 0.15) is 0 Å². The van der Waals surface area contributed by atoms with Gasteiger partial charge in [-0.05, 0) is 63.2 Å². The van der Waals surface area contributed by atoms with E-state index < -0.39 is 0 Å². The Morgan fingerprint density at radius 2 is 1.64 bits per heavy atom. The first-order chi connectivity index (χ1) is 10.7. The number of nitrogens with zero attached hydrogens (tertiary/aromatic N) is 1. The predicted octanol–water partition coefficient (Wildman–Crippen LogP) is 6.65. The molecule has 1 nitrogen and oxygen atoms in total. The van der Waals surface area contributed by atoms with Gasteiger partial charge in [-0.15, -0.1) is 0 Å². The molecule has 0 bridgehead atoms. The molecule has 124 valence electrons. The molecule has 0 radical (unpaired) electrons. The van der Waals surface area contributed by atoms with Crippen LogP contribution < -0.4 is 0 Å². The smallest absolute Gasteiger partial charge is 0.0753 e. The molecule has 22 heavy (non-hydrogen) atoms. The van der Waals surface area contributed by atoms with Crippen LogP contribution in [0.25, 0.3) is 0 Å². The Labute approximate surface area is 138 Å². The molecule has 0 aromatic heterocycles. The van der Waals surface area contributed by atoms with E-state index in [4.69, 9.17) is 0 Å². The third kappa shape index (κ3) is 4.61. The SMILES string of the molecule is CC=C[C@]1(C#N)CC[C@@H](C2CCC(CCCCC)CC2)CC1. The fourth-order valence-electron chi connectivity index (χ4n) is 4.89. The van der Waals surface area contributed by atoms with E-state index in [0.29, 0.717) is 0 Å². The molecule has 0 heterocycles. The van der Waals surface area contributed by atoms with Crippen LogP contribution in [0.1, 0.15) is 90.9 Å². The summed E-state index contributed by atoms with van der Waals surface area (Å²) in [5, 5.41) is 9.51. The molecular weight excluding hydrogens is 266 g/mol. The molecule has 0 amide bonds. The maximum absolute atomic E-state index is 9.51. The zero-order valence-corrected chi connectivity index (χ0v) is 14.8. The minimum atomic E-state index is -0.136. The average molecular weight is 302 g/mol. The normalized spacial score (nSPS) is 36.3. The number of nitriles is 1. The van der Waals surface area contributed by atoms with Gasteiger partial charge in [-0.1, -0.05) is 57.6 Å². The van der Waals surface area contributed by atoms with E-state index in [9.17, 15) is 5.26 Å². The van der Waals surface area contributed by atoms with Crippen molar-refractivity contribution in [1.82, 2.24) is 0 Å². The van der Waals surface area contributed by atoms with E-state index in [1.165, 1.54) is 64.2 Å². The van der Waals surface area contributed by atoms with E-state index in [1.807, 2.05) is 6.92 Å². The zero-order valence-electron chi connectivity index (χ0n) is 14.8. The molecule has 0 N–H and O–H groups in total. The van der Waals surface area contributed by atoms with E-state index in [-0.39, 0.29) is 5.41 Å². The van der Waals surface area contributed by atoms with E-state index in [1.54, 1.807) is 0 Å². The Hall–Kier alpha value is -0.770. The van der Waals surface area contributed by atoms with Gasteiger partial charge in [0.2, 0.25) is 0 Å². The Morgan fingerprint density at radius 3 is 2.18 bits per heavy atom. The Balaban J connectivity index is 1.74. The molecule has 1 heteroatoms. The van der Waals surface area contributed by atoms with Crippen LogP contribution in [0.15, 0.2) is 12.2 Å². The summed E-state index contributed by atoms with van der Waals surface area (Å²) in [6.45, 7) is 4.35. The van der Waals surface area contributed by atoms with Crippen molar-refractivity contribution >= 4 is 0 Å². The fraction of sp³-hybridized carbons (Fsp3) is 0.857. The zero-order chi connectivity index (χ0) is 15.8. The molecule has 2 fully saturated rings. The summed E-state index contributed by atoms with van der Waals surface area (Å²) in [5.41, 5.74) is -0.136. The largest absolute Gasteiger partial charge is 0.197 e. The minimum absolute atomic E-state index is 0.136. The van der Waals surface area contributed by atoms with Gasteiger partial charge in [0.05, 0.1) is 11.5 Å². The Morgan fingerprint density at radius 1 is 1.00 bits per heavy atom. The lowest BCUT2D eigenvalue weighted by Gasteiger charge is -2.39. The van der Waals surface area contributed by atoms with Gasteiger partial charge >= 0.3 is 0 Å². The second kappa shape index (κ2) is 8.76. The highest BCUT2D eigenvalue weighted by Gasteiger charge is 2.36. The van der Waals surface area contributed by atoms with Gasteiger partial charge in [-0.3, -0.25) is 0 Å². The number of unbranched alkanes of at least 4 members (excludes halogenated alkanes) is 2. The molecule has 0 atom stereocenters. The summed E-state index contributed by atoms with van der Waals surface area (Å²) in [4.78, 5) is 0. The number of hydrogen-bond acceptors (Lipinski definition) is 1. The summed E-state index contributed by atoms with van der Waals surface area (Å²) in [6, 6.07) is 2.59. The summed E-state index contributed by atoms with van der Waals surface area (Å²) in [5.74, 6) is 2.89. The Bertz CT molecular complexity index is 373. The fourth-order valence-corrected chi connectivity index (χ4v) is 4.89. The maximum atomic E-state index is 9.51. The van der Waals surface area contributed by atoms with Gasteiger partial charge in [-0.2, -0.15) is 5.26 Å². The number of allylic oxidation sites excluding steroid dienone is 2. The van der Waals surface area contributed by atoms with Crippen LogP contribution >= 0.6 is 0 Å². The molecule has 0 unspecified atom stereocenters. The van der Waals surface area contributed by atoms with Gasteiger partial charge in [0, 0.05) is 0 Å². The van der Waals surface area contributed by atoms with Crippen molar-refractivity contribution in [3.05, 3.63) is 12.2 Å². The molecule has 0 aromatic rings. The third-order valence-corrected chi connectivity index (χ3v) is 6.40. The maximum Gasteiger partial charge on any atom is 0.0753 e. The van der Waals surface area contributed by atoms with Gasteiger partial charge in [0.15, 0.2) is 0 Å². The van der Waals surface area contributed by atoms with Crippen LogP contribution in [0.5, 0.6) is 0 Å². The van der Waals surface area contributed by atoms with Crippen LogP contribution in [0.3, 0.4) is 0 Å². The van der Waals surface area contributed by atoms with Crippen LogP contribution in [0.2, 0.25) is 0 Å². The standard InChI is InChI=1S/C21H35N/c1-3-5-6-7-18-8-10-19(11-9-18)20-12-15-21(17-22,14-4-2)16-13-20/h4,14,18-20H,3,5-13,15-16H2,1-2H3/t18?,19?,20-,21+. The predicted molar refractivity (Wildman–Crippen MR) is 94.4 cm³/mol. The van der Waals surface area contributed by atoms with E-state index in [0.717, 1.165) is 30.6 Å². The quantitative estimate of drug-likeness (QED) is 0.398. The van der Waals surface area contributed by atoms with Crippen LogP contribution in [-0.4, -0.2) is 0 Å². The summed E-state index contributed by atoms with van der Waals surface area (Å²) < 4.78 is 0. The molecule has 0 saturated heterocycles. The van der Waals surface area contributed by atoms with Crippen molar-refractivity contribution < 1.29 is 0 Å². The van der Waals surface area contributed by atoms with Crippen molar-refractivity contribution in [2.24, 2.45) is 23.2 Å². The van der Waals surface area contributed by atoms with Crippen LogP contribution in [-0.2, 0) is 0 Å². The average Bonchev–Trinajstić information content (AvgIpc) is 2.57. The molecule has 2 aliphatic carbocycles. The topological polar surface area (TPSA) is 23.8 Å². The van der Waals surface area contributed by atoms with E-state index in [2.05, 4.69) is 25.1 Å². The van der Waals surface area contributed by atoms with Crippen LogP contribution in [0.4, 0.5) is 0 Å². The van der Waals surface area contributed by atoms with Crippen molar-refractivity contribution in [2.45, 2.75) is 90.9 Å². The second-order valence-corrected chi connectivity index (χ2v) is 7.88. The first-order valence-electron chi connectivity index (χ1n) is 9.78. The van der Waals surface area contributed by atoms with Crippen LogP contribution in [0, 0.1) is 34.5 Å². The summed E-state index contributed by atoms with van der Waals surface area (Å²) in [6.07, 6.45) is 20.6. The van der Waals surface area contributed by atoms with Gasteiger partial charge in [0.25, 0.3) is 0 Å². The summed E-state index contributed by atoms with van der Waals surface area (Å²) >= 11 is 0. The molecule has 2 saturated carbocycles. The van der Waals surface area contributed by atoms with Crippen molar-refractivity contribution in [3.63, 3.8) is 0 Å². The first kappa shape index (κ1) is 17.6. The molecule has 0 aromatic carbocycles. The van der Waals surface area contributed by atoms with Crippen molar-refractivity contribution in [1.29, 1.82) is 5.26 Å². The number of hydrogen-bond donors (Lipinski definition) is 0. The summed E-state index contributed by atoms with van der Waals surface area (Å²) in [7, 11) is 0. The lowest BCUT2D eigenvalue weighted by atomic mass is 9.64. The third-order valence-electron chi connectivity index (χ3n) is 6.40. The monoisotopic (exact) mass is 301 g/mol. The minimum Gasteiger partial charge on any atom is -0.197 e. The van der Waals surface area contributed by atoms with Gasteiger partial charge < -0.3 is 0 Å². The molecular formula is C21H35N.